The summed E-state index contributed by atoms with van der Waals surface area (Å²) in [5.74, 6) is -3.02. The number of para-hydroxylation sites is 1. The monoisotopic (exact) mass is 579 g/mol. The van der Waals surface area contributed by atoms with E-state index in [2.05, 4.69) is 9.84 Å². The number of nitrogens with one attached hydrogen (secondary N) is 1. The van der Waals surface area contributed by atoms with Crippen molar-refractivity contribution in [3.63, 3.8) is 0 Å². The Bertz CT molecular complexity index is 1630. The zero-order chi connectivity index (χ0) is 30.1. The smallest absolute Gasteiger partial charge is 0.406 e. The number of amides is 1. The summed E-state index contributed by atoms with van der Waals surface area (Å²) in [5.41, 5.74) is -7.91. The number of hydrogen-bond acceptors (Lipinski definition) is 4. The summed E-state index contributed by atoms with van der Waals surface area (Å²) < 4.78 is 88.5. The maximum atomic E-state index is 15.4. The lowest BCUT2D eigenvalue weighted by Crippen LogP contribution is -2.55. The van der Waals surface area contributed by atoms with Crippen molar-refractivity contribution in [3.05, 3.63) is 87.5 Å². The molecule has 0 fully saturated rings. The first kappa shape index (κ1) is 28.2. The molecule has 1 atom stereocenters. The summed E-state index contributed by atoms with van der Waals surface area (Å²) >= 11 is 0. The van der Waals surface area contributed by atoms with Crippen molar-refractivity contribution in [3.8, 4) is 11.4 Å². The molecule has 1 aliphatic heterocycles. The van der Waals surface area contributed by atoms with Gasteiger partial charge in [0.2, 0.25) is 5.41 Å². The number of aromatic nitrogens is 2. The number of rotatable bonds is 4. The summed E-state index contributed by atoms with van der Waals surface area (Å²) in [7, 11) is 0. The highest BCUT2D eigenvalue weighted by atomic mass is 19.4. The minimum Gasteiger partial charge on any atom is -0.406 e. The van der Waals surface area contributed by atoms with Crippen molar-refractivity contribution in [2.45, 2.75) is 51.6 Å². The predicted octanol–water partition coefficient (Wildman–Crippen LogP) is 5.86. The molecule has 0 spiro atoms. The second-order valence-corrected chi connectivity index (χ2v) is 10.8. The number of Topliss-reactive ketones (excluding diaryl/α,β-unsaturated/α-hetero) is 1. The number of carbonyl (C=O) groups is 2. The number of benzene rings is 2. The summed E-state index contributed by atoms with van der Waals surface area (Å²) in [6.45, 7) is 4.57. The van der Waals surface area contributed by atoms with Crippen LogP contribution in [0.25, 0.3) is 5.69 Å². The second-order valence-electron chi connectivity index (χ2n) is 10.8. The van der Waals surface area contributed by atoms with Gasteiger partial charge in [-0.3, -0.25) is 24.4 Å². The molecule has 1 aliphatic carbocycles. The molecule has 2 heterocycles. The first-order chi connectivity index (χ1) is 19.0. The number of hydrogen-bond donors (Lipinski definition) is 1. The number of aryl methyl sites for hydroxylation is 1. The van der Waals surface area contributed by atoms with Gasteiger partial charge in [0.1, 0.15) is 5.75 Å². The van der Waals surface area contributed by atoms with Crippen LogP contribution in [0.1, 0.15) is 37.9 Å². The Morgan fingerprint density at radius 1 is 0.854 bits per heavy atom. The Morgan fingerprint density at radius 2 is 1.46 bits per heavy atom. The Kier molecular flexibility index (Phi) is 6.28. The van der Waals surface area contributed by atoms with Crippen LogP contribution >= 0.6 is 0 Å². The van der Waals surface area contributed by atoms with Gasteiger partial charge >= 0.3 is 12.5 Å². The zero-order valence-corrected chi connectivity index (χ0v) is 21.9. The number of allylic oxidation sites excluding steroid dienone is 1. The van der Waals surface area contributed by atoms with Gasteiger partial charge < -0.3 is 4.74 Å². The number of ether oxygens (including phenoxy) is 1. The largest absolute Gasteiger partial charge is 0.573 e. The van der Waals surface area contributed by atoms with E-state index in [9.17, 15) is 27.6 Å². The van der Waals surface area contributed by atoms with Gasteiger partial charge in [-0.15, -0.1) is 13.2 Å². The highest BCUT2D eigenvalue weighted by molar-refractivity contribution is 6.20. The molecule has 7 nitrogen and oxygen atoms in total. The van der Waals surface area contributed by atoms with Crippen LogP contribution in [0.4, 0.5) is 32.0 Å². The summed E-state index contributed by atoms with van der Waals surface area (Å²) in [6, 6.07) is 11.4. The summed E-state index contributed by atoms with van der Waals surface area (Å²) in [6.07, 6.45) is -10.7. The highest BCUT2D eigenvalue weighted by Gasteiger charge is 2.73. The third kappa shape index (κ3) is 4.43. The number of carbonyl (C=O) groups excluding carboxylic acids is 2. The van der Waals surface area contributed by atoms with E-state index < -0.39 is 57.5 Å². The molecule has 0 saturated heterocycles. The van der Waals surface area contributed by atoms with E-state index in [0.717, 1.165) is 36.1 Å². The van der Waals surface area contributed by atoms with Crippen LogP contribution in [-0.2, 0) is 15.0 Å². The molecule has 2 aromatic carbocycles. The molecule has 1 aromatic heterocycles. The van der Waals surface area contributed by atoms with Crippen molar-refractivity contribution in [2.24, 2.45) is 5.41 Å². The topological polar surface area (TPSA) is 84.4 Å². The van der Waals surface area contributed by atoms with E-state index in [1.165, 1.54) is 24.3 Å². The fourth-order valence-corrected chi connectivity index (χ4v) is 5.76. The number of anilines is 1. The van der Waals surface area contributed by atoms with Crippen LogP contribution in [0.3, 0.4) is 0 Å². The highest BCUT2D eigenvalue weighted by Crippen LogP contribution is 2.58. The van der Waals surface area contributed by atoms with Gasteiger partial charge in [-0.05, 0) is 55.2 Å². The van der Waals surface area contributed by atoms with Crippen LogP contribution in [0, 0.1) is 12.3 Å². The fourth-order valence-electron chi connectivity index (χ4n) is 5.76. The van der Waals surface area contributed by atoms with E-state index in [1.54, 1.807) is 19.9 Å². The van der Waals surface area contributed by atoms with Gasteiger partial charge in [0, 0.05) is 29.1 Å². The van der Waals surface area contributed by atoms with Gasteiger partial charge in [0.15, 0.2) is 5.78 Å². The molecule has 0 radical (unpaired) electrons. The van der Waals surface area contributed by atoms with Crippen LogP contribution in [0.15, 0.2) is 70.7 Å². The van der Waals surface area contributed by atoms with Crippen molar-refractivity contribution in [1.82, 2.24) is 9.78 Å². The second kappa shape index (κ2) is 9.11. The maximum absolute atomic E-state index is 15.4. The van der Waals surface area contributed by atoms with Crippen LogP contribution in [-0.4, -0.2) is 34.0 Å². The molecule has 0 bridgehead atoms. The summed E-state index contributed by atoms with van der Waals surface area (Å²) in [4.78, 5) is 42.3. The molecule has 3 aromatic rings. The third-order valence-electron chi connectivity index (χ3n) is 7.24. The molecular weight excluding hydrogens is 556 g/mol. The van der Waals surface area contributed by atoms with E-state index >= 15 is 13.2 Å². The average molecular weight is 579 g/mol. The van der Waals surface area contributed by atoms with E-state index in [4.69, 9.17) is 0 Å². The Hall–Kier alpha value is -4.29. The zero-order valence-electron chi connectivity index (χ0n) is 21.9. The Morgan fingerprint density at radius 3 is 2.02 bits per heavy atom. The first-order valence-corrected chi connectivity index (χ1v) is 12.4. The van der Waals surface area contributed by atoms with Gasteiger partial charge in [0.25, 0.3) is 11.5 Å². The normalized spacial score (nSPS) is 21.0. The van der Waals surface area contributed by atoms with Crippen molar-refractivity contribution >= 4 is 17.4 Å². The quantitative estimate of drug-likeness (QED) is 0.393. The molecule has 41 heavy (non-hydrogen) atoms. The van der Waals surface area contributed by atoms with E-state index in [0.29, 0.717) is 4.68 Å². The number of aromatic amines is 1. The minimum atomic E-state index is -5.42. The molecule has 5 rings (SSSR count). The fraction of sp³-hybridized carbons (Fsp3) is 0.321. The molecule has 0 saturated carbocycles. The van der Waals surface area contributed by atoms with Crippen molar-refractivity contribution < 1.29 is 40.7 Å². The molecular formula is C28H23F6N3O4. The van der Waals surface area contributed by atoms with Crippen molar-refractivity contribution in [2.75, 3.05) is 4.90 Å². The van der Waals surface area contributed by atoms with Gasteiger partial charge in [-0.2, -0.15) is 13.2 Å². The average Bonchev–Trinajstić information content (AvgIpc) is 3.28. The van der Waals surface area contributed by atoms with Gasteiger partial charge in [-0.1, -0.05) is 32.0 Å². The molecule has 13 heteroatoms. The standard InChI is InChI=1S/C28H23F6N3O4/c1-15-21(23(39)37(35-15)17-9-11-18(12-10-17)41-28(32,33)34)26(27(29,30)31)22-19(13-25(2,3)14-20(22)38)36(24(26)40)16-7-5-4-6-8-16/h4-12,35H,13-14H2,1-3H3/t26-/m0/s1. The number of alkyl halides is 6. The predicted molar refractivity (Wildman–Crippen MR) is 135 cm³/mol. The molecule has 216 valence electrons. The Labute approximate surface area is 229 Å². The lowest BCUT2D eigenvalue weighted by molar-refractivity contribution is -0.274. The molecule has 1 N–H and O–H groups in total. The number of H-pyrrole nitrogens is 1. The van der Waals surface area contributed by atoms with Crippen LogP contribution in [0.5, 0.6) is 5.75 Å². The van der Waals surface area contributed by atoms with Gasteiger partial charge in [0.05, 0.1) is 11.3 Å². The maximum Gasteiger partial charge on any atom is 0.573 e. The van der Waals surface area contributed by atoms with Crippen molar-refractivity contribution in [1.29, 1.82) is 0 Å². The minimum absolute atomic E-state index is 0.0368. The Balaban J connectivity index is 1.76. The van der Waals surface area contributed by atoms with Crippen LogP contribution < -0.4 is 15.2 Å². The SMILES string of the molecule is Cc1[nH]n(-c2ccc(OC(F)(F)F)cc2)c(=O)c1[C@@]1(C(F)(F)F)C(=O)N(c2ccccc2)C2=C1C(=O)CC(C)(C)C2. The molecule has 2 aliphatic rings. The number of halogens is 6. The summed E-state index contributed by atoms with van der Waals surface area (Å²) in [5, 5.41) is 2.51. The lowest BCUT2D eigenvalue weighted by Gasteiger charge is -2.35. The van der Waals surface area contributed by atoms with E-state index in [1.807, 2.05) is 0 Å². The first-order valence-electron chi connectivity index (χ1n) is 12.4. The number of nitrogens with zero attached hydrogens (tertiary/aromatic N) is 2. The third-order valence-corrected chi connectivity index (χ3v) is 7.24. The number of ketones is 1. The van der Waals surface area contributed by atoms with E-state index in [-0.39, 0.29) is 35.6 Å². The van der Waals surface area contributed by atoms with Crippen LogP contribution in [0.2, 0.25) is 0 Å². The molecule has 1 amide bonds. The van der Waals surface area contributed by atoms with Gasteiger partial charge in [-0.25, -0.2) is 4.68 Å². The lowest BCUT2D eigenvalue weighted by atomic mass is 9.66. The molecule has 0 unspecified atom stereocenters.